The molecule has 5 nitrogen and oxygen atoms in total. The molecule has 19 heavy (non-hydrogen) atoms. The van der Waals surface area contributed by atoms with Crippen LogP contribution in [-0.2, 0) is 6.42 Å². The van der Waals surface area contributed by atoms with E-state index < -0.39 is 18.2 Å². The average molecular weight is 262 g/mol. The molecule has 0 spiro atoms. The van der Waals surface area contributed by atoms with Gasteiger partial charge in [0.15, 0.2) is 0 Å². The number of aliphatic hydroxyl groups excluding tert-OH is 1. The van der Waals surface area contributed by atoms with Gasteiger partial charge in [0.1, 0.15) is 0 Å². The van der Waals surface area contributed by atoms with E-state index in [2.05, 4.69) is 16.6 Å². The summed E-state index contributed by atoms with van der Waals surface area (Å²) in [5.74, 6) is 2.39. The number of rotatable bonds is 7. The van der Waals surface area contributed by atoms with Crippen LogP contribution in [0.4, 0.5) is 4.79 Å². The number of carboxylic acid groups (broad SMARTS) is 1. The molecule has 2 unspecified atom stereocenters. The number of hydrogen-bond acceptors (Lipinski definition) is 3. The summed E-state index contributed by atoms with van der Waals surface area (Å²) < 4.78 is 0. The third-order valence-corrected chi connectivity index (χ3v) is 2.65. The smallest absolute Gasteiger partial charge is 0.404 e. The summed E-state index contributed by atoms with van der Waals surface area (Å²) in [4.78, 5) is 10.8. The lowest BCUT2D eigenvalue weighted by atomic mass is 10.0. The van der Waals surface area contributed by atoms with Crippen molar-refractivity contribution in [1.82, 2.24) is 10.6 Å². The molecule has 0 saturated carbocycles. The van der Waals surface area contributed by atoms with Crippen LogP contribution in [0, 0.1) is 12.3 Å². The first kappa shape index (κ1) is 15.0. The molecule has 5 heteroatoms. The van der Waals surface area contributed by atoms with Gasteiger partial charge in [-0.15, -0.1) is 6.42 Å². The van der Waals surface area contributed by atoms with Crippen LogP contribution in [0.5, 0.6) is 0 Å². The van der Waals surface area contributed by atoms with E-state index in [1.807, 2.05) is 30.3 Å². The van der Waals surface area contributed by atoms with E-state index in [4.69, 9.17) is 11.5 Å². The normalized spacial score (nSPS) is 13.3. The van der Waals surface area contributed by atoms with Crippen molar-refractivity contribution in [3.63, 3.8) is 0 Å². The number of hydrogen-bond donors (Lipinski definition) is 4. The average Bonchev–Trinajstić information content (AvgIpc) is 2.39. The molecule has 1 amide bonds. The molecule has 0 heterocycles. The Labute approximate surface area is 112 Å². The summed E-state index contributed by atoms with van der Waals surface area (Å²) in [5.41, 5.74) is 0.956. The summed E-state index contributed by atoms with van der Waals surface area (Å²) in [5, 5.41) is 24.0. The van der Waals surface area contributed by atoms with Gasteiger partial charge in [0.05, 0.1) is 18.7 Å². The summed E-state index contributed by atoms with van der Waals surface area (Å²) >= 11 is 0. The zero-order valence-corrected chi connectivity index (χ0v) is 10.5. The summed E-state index contributed by atoms with van der Waals surface area (Å²) in [6, 6.07) is 8.82. The molecular weight excluding hydrogens is 244 g/mol. The van der Waals surface area contributed by atoms with Gasteiger partial charge >= 0.3 is 6.09 Å². The molecular formula is C14H18N2O3. The Balaban J connectivity index is 2.61. The van der Waals surface area contributed by atoms with E-state index in [0.717, 1.165) is 5.56 Å². The SMILES string of the molecule is C#CCNCC(O)C(Cc1ccccc1)NC(=O)O. The lowest BCUT2D eigenvalue weighted by Gasteiger charge is -2.23. The van der Waals surface area contributed by atoms with Gasteiger partial charge < -0.3 is 20.8 Å². The first-order valence-corrected chi connectivity index (χ1v) is 5.99. The van der Waals surface area contributed by atoms with Gasteiger partial charge in [-0.2, -0.15) is 0 Å². The van der Waals surface area contributed by atoms with Gasteiger partial charge in [-0.1, -0.05) is 36.3 Å². The van der Waals surface area contributed by atoms with E-state index in [9.17, 15) is 9.90 Å². The van der Waals surface area contributed by atoms with Crippen molar-refractivity contribution in [2.45, 2.75) is 18.6 Å². The predicted octanol–water partition coefficient (Wildman–Crippen LogP) is 0.449. The number of nitrogens with one attached hydrogen (secondary N) is 2. The van der Waals surface area contributed by atoms with E-state index in [1.165, 1.54) is 0 Å². The maximum Gasteiger partial charge on any atom is 0.404 e. The fourth-order valence-corrected chi connectivity index (χ4v) is 1.74. The van der Waals surface area contributed by atoms with Crippen LogP contribution in [0.2, 0.25) is 0 Å². The molecule has 2 atom stereocenters. The van der Waals surface area contributed by atoms with Gasteiger partial charge in [-0.3, -0.25) is 0 Å². The number of amides is 1. The molecule has 0 aliphatic carbocycles. The van der Waals surface area contributed by atoms with Crippen molar-refractivity contribution < 1.29 is 15.0 Å². The van der Waals surface area contributed by atoms with Gasteiger partial charge in [0.2, 0.25) is 0 Å². The molecule has 0 aliphatic heterocycles. The molecule has 0 radical (unpaired) electrons. The molecule has 0 bridgehead atoms. The monoisotopic (exact) mass is 262 g/mol. The van der Waals surface area contributed by atoms with Crippen LogP contribution >= 0.6 is 0 Å². The minimum Gasteiger partial charge on any atom is -0.465 e. The number of aliphatic hydroxyl groups is 1. The van der Waals surface area contributed by atoms with Gasteiger partial charge in [0, 0.05) is 6.54 Å². The Morgan fingerprint density at radius 3 is 2.63 bits per heavy atom. The highest BCUT2D eigenvalue weighted by atomic mass is 16.4. The topological polar surface area (TPSA) is 81.6 Å². The molecule has 0 aromatic heterocycles. The Kier molecular flexibility index (Phi) is 6.44. The van der Waals surface area contributed by atoms with Crippen molar-refractivity contribution in [2.24, 2.45) is 0 Å². The molecule has 1 aromatic carbocycles. The van der Waals surface area contributed by atoms with Crippen LogP contribution in [-0.4, -0.2) is 41.5 Å². The minimum atomic E-state index is -1.16. The van der Waals surface area contributed by atoms with E-state index in [1.54, 1.807) is 0 Å². The number of carbonyl (C=O) groups is 1. The maximum atomic E-state index is 10.8. The van der Waals surface area contributed by atoms with E-state index in [-0.39, 0.29) is 6.54 Å². The largest absolute Gasteiger partial charge is 0.465 e. The lowest BCUT2D eigenvalue weighted by molar-refractivity contribution is 0.119. The minimum absolute atomic E-state index is 0.238. The number of terminal acetylenes is 1. The summed E-state index contributed by atoms with van der Waals surface area (Å²) in [7, 11) is 0. The fourth-order valence-electron chi connectivity index (χ4n) is 1.74. The molecule has 0 saturated heterocycles. The highest BCUT2D eigenvalue weighted by Gasteiger charge is 2.21. The predicted molar refractivity (Wildman–Crippen MR) is 72.8 cm³/mol. The lowest BCUT2D eigenvalue weighted by Crippen LogP contribution is -2.48. The first-order chi connectivity index (χ1) is 9.13. The van der Waals surface area contributed by atoms with Crippen LogP contribution in [0.1, 0.15) is 5.56 Å². The molecule has 102 valence electrons. The Morgan fingerprint density at radius 1 is 1.37 bits per heavy atom. The fraction of sp³-hybridized carbons (Fsp3) is 0.357. The zero-order valence-electron chi connectivity index (χ0n) is 10.5. The quantitative estimate of drug-likeness (QED) is 0.425. The van der Waals surface area contributed by atoms with Crippen molar-refractivity contribution in [1.29, 1.82) is 0 Å². The Morgan fingerprint density at radius 2 is 2.05 bits per heavy atom. The molecule has 0 fully saturated rings. The highest BCUT2D eigenvalue weighted by Crippen LogP contribution is 2.06. The second-order valence-electron chi connectivity index (χ2n) is 4.15. The zero-order chi connectivity index (χ0) is 14.1. The van der Waals surface area contributed by atoms with Gasteiger partial charge in [-0.25, -0.2) is 4.79 Å². The third-order valence-electron chi connectivity index (χ3n) is 2.65. The van der Waals surface area contributed by atoms with Crippen molar-refractivity contribution >= 4 is 6.09 Å². The number of benzene rings is 1. The molecule has 1 aromatic rings. The highest BCUT2D eigenvalue weighted by molar-refractivity contribution is 5.65. The van der Waals surface area contributed by atoms with E-state index in [0.29, 0.717) is 13.0 Å². The molecule has 1 rings (SSSR count). The van der Waals surface area contributed by atoms with Gasteiger partial charge in [0.25, 0.3) is 0 Å². The van der Waals surface area contributed by atoms with Crippen LogP contribution < -0.4 is 10.6 Å². The molecule has 0 aliphatic rings. The first-order valence-electron chi connectivity index (χ1n) is 5.99. The van der Waals surface area contributed by atoms with Crippen LogP contribution in [0.3, 0.4) is 0 Å². The van der Waals surface area contributed by atoms with Crippen molar-refractivity contribution in [2.75, 3.05) is 13.1 Å². The van der Waals surface area contributed by atoms with Crippen molar-refractivity contribution in [3.05, 3.63) is 35.9 Å². The van der Waals surface area contributed by atoms with Crippen LogP contribution in [0.25, 0.3) is 0 Å². The Hall–Kier alpha value is -2.03. The maximum absolute atomic E-state index is 10.8. The molecule has 4 N–H and O–H groups in total. The van der Waals surface area contributed by atoms with Gasteiger partial charge in [-0.05, 0) is 12.0 Å². The van der Waals surface area contributed by atoms with E-state index >= 15 is 0 Å². The standard InChI is InChI=1S/C14H18N2O3/c1-2-8-15-10-13(17)12(16-14(18)19)9-11-6-4-3-5-7-11/h1,3-7,12-13,15-17H,8-10H2,(H,18,19). The summed E-state index contributed by atoms with van der Waals surface area (Å²) in [6.07, 6.45) is 3.52. The second kappa shape index (κ2) is 8.14. The summed E-state index contributed by atoms with van der Waals surface area (Å²) in [6.45, 7) is 0.574. The third kappa shape index (κ3) is 5.91. The van der Waals surface area contributed by atoms with Crippen molar-refractivity contribution in [3.8, 4) is 12.3 Å². The van der Waals surface area contributed by atoms with Crippen LogP contribution in [0.15, 0.2) is 30.3 Å². The second-order valence-corrected chi connectivity index (χ2v) is 4.15. The Bertz CT molecular complexity index is 428.